The van der Waals surface area contributed by atoms with Gasteiger partial charge in [-0.1, -0.05) is 24.3 Å². The Kier molecular flexibility index (Phi) is 3.00. The predicted octanol–water partition coefficient (Wildman–Crippen LogP) is 4.01. The van der Waals surface area contributed by atoms with Crippen molar-refractivity contribution in [1.82, 2.24) is 4.57 Å². The van der Waals surface area contributed by atoms with Crippen LogP contribution in [-0.2, 0) is 6.54 Å². The van der Waals surface area contributed by atoms with Crippen molar-refractivity contribution in [2.45, 2.75) is 13.5 Å². The Morgan fingerprint density at radius 3 is 2.79 bits per heavy atom. The first-order valence-electron chi connectivity index (χ1n) is 6.45. The van der Waals surface area contributed by atoms with Gasteiger partial charge in [-0.3, -0.25) is 0 Å². The molecule has 3 aromatic rings. The van der Waals surface area contributed by atoms with E-state index in [9.17, 15) is 0 Å². The number of rotatable bonds is 3. The lowest BCUT2D eigenvalue weighted by Crippen LogP contribution is -1.98. The number of aryl methyl sites for hydroxylation is 1. The normalized spacial score (nSPS) is 10.8. The molecule has 0 atom stereocenters. The van der Waals surface area contributed by atoms with Gasteiger partial charge in [-0.15, -0.1) is 0 Å². The number of methoxy groups -OCH3 is 1. The Morgan fingerprint density at radius 1 is 1.05 bits per heavy atom. The Bertz CT molecular complexity index is 712. The van der Waals surface area contributed by atoms with E-state index < -0.39 is 0 Å². The number of ether oxygens (including phenoxy) is 1. The van der Waals surface area contributed by atoms with Gasteiger partial charge in [0.2, 0.25) is 0 Å². The lowest BCUT2D eigenvalue weighted by molar-refractivity contribution is 0.414. The second-order valence-electron chi connectivity index (χ2n) is 4.86. The van der Waals surface area contributed by atoms with Gasteiger partial charge < -0.3 is 9.30 Å². The van der Waals surface area contributed by atoms with Crippen molar-refractivity contribution >= 4 is 10.9 Å². The van der Waals surface area contributed by atoms with Crippen LogP contribution in [0.1, 0.15) is 11.1 Å². The van der Waals surface area contributed by atoms with E-state index in [0.29, 0.717) is 0 Å². The first-order chi connectivity index (χ1) is 9.26. The van der Waals surface area contributed by atoms with Crippen LogP contribution in [0, 0.1) is 6.92 Å². The summed E-state index contributed by atoms with van der Waals surface area (Å²) in [6.45, 7) is 2.99. The summed E-state index contributed by atoms with van der Waals surface area (Å²) in [6, 6.07) is 16.9. The minimum absolute atomic E-state index is 0.865. The molecule has 0 N–H and O–H groups in total. The van der Waals surface area contributed by atoms with Crippen LogP contribution >= 0.6 is 0 Å². The molecular weight excluding hydrogens is 234 g/mol. The zero-order valence-electron chi connectivity index (χ0n) is 11.3. The van der Waals surface area contributed by atoms with Gasteiger partial charge >= 0.3 is 0 Å². The molecule has 0 saturated carbocycles. The molecule has 0 aliphatic rings. The number of hydrogen-bond donors (Lipinski definition) is 0. The summed E-state index contributed by atoms with van der Waals surface area (Å²) in [5.41, 5.74) is 3.82. The molecule has 2 nitrogen and oxygen atoms in total. The summed E-state index contributed by atoms with van der Waals surface area (Å²) in [5, 5.41) is 1.29. The molecule has 0 aliphatic carbocycles. The van der Waals surface area contributed by atoms with Crippen molar-refractivity contribution in [3.05, 3.63) is 65.9 Å². The molecule has 0 fully saturated rings. The zero-order chi connectivity index (χ0) is 13.2. The molecule has 0 spiro atoms. The molecule has 0 unspecified atom stereocenters. The van der Waals surface area contributed by atoms with E-state index in [2.05, 4.69) is 54.1 Å². The average molecular weight is 251 g/mol. The van der Waals surface area contributed by atoms with Crippen LogP contribution in [-0.4, -0.2) is 11.7 Å². The minimum atomic E-state index is 0.865. The van der Waals surface area contributed by atoms with Crippen LogP contribution in [0.4, 0.5) is 0 Å². The summed E-state index contributed by atoms with van der Waals surface area (Å²) in [7, 11) is 1.70. The largest absolute Gasteiger partial charge is 0.497 e. The van der Waals surface area contributed by atoms with Gasteiger partial charge in [0.25, 0.3) is 0 Å². The maximum atomic E-state index is 5.27. The molecule has 1 aromatic heterocycles. The Labute approximate surface area is 113 Å². The first-order valence-corrected chi connectivity index (χ1v) is 6.45. The lowest BCUT2D eigenvalue weighted by atomic mass is 10.2. The highest BCUT2D eigenvalue weighted by atomic mass is 16.5. The third kappa shape index (κ3) is 2.34. The molecule has 0 saturated heterocycles. The van der Waals surface area contributed by atoms with E-state index in [4.69, 9.17) is 4.74 Å². The van der Waals surface area contributed by atoms with Crippen molar-refractivity contribution in [2.24, 2.45) is 0 Å². The number of nitrogens with zero attached hydrogens (tertiary/aromatic N) is 1. The van der Waals surface area contributed by atoms with Crippen molar-refractivity contribution < 1.29 is 4.74 Å². The second-order valence-corrected chi connectivity index (χ2v) is 4.86. The molecule has 1 heterocycles. The first kappa shape index (κ1) is 11.8. The standard InChI is InChI=1S/C17H17NO/c1-13-6-7-15-8-9-18(17(15)10-13)12-14-4-3-5-16(11-14)19-2/h3-11H,12H2,1-2H3. The van der Waals surface area contributed by atoms with Gasteiger partial charge in [-0.2, -0.15) is 0 Å². The van der Waals surface area contributed by atoms with Crippen LogP contribution in [0.5, 0.6) is 5.75 Å². The third-order valence-corrected chi connectivity index (χ3v) is 3.42. The van der Waals surface area contributed by atoms with Crippen LogP contribution in [0.3, 0.4) is 0 Å². The minimum Gasteiger partial charge on any atom is -0.497 e. The van der Waals surface area contributed by atoms with Crippen LogP contribution in [0.2, 0.25) is 0 Å². The quantitative estimate of drug-likeness (QED) is 0.686. The zero-order valence-corrected chi connectivity index (χ0v) is 11.3. The average Bonchev–Trinajstić information content (AvgIpc) is 2.81. The topological polar surface area (TPSA) is 14.2 Å². The maximum absolute atomic E-state index is 5.27. The molecule has 19 heavy (non-hydrogen) atoms. The summed E-state index contributed by atoms with van der Waals surface area (Å²) in [5.74, 6) is 0.908. The summed E-state index contributed by atoms with van der Waals surface area (Å²) < 4.78 is 7.55. The number of benzene rings is 2. The van der Waals surface area contributed by atoms with Gasteiger partial charge in [0.15, 0.2) is 0 Å². The molecule has 2 aromatic carbocycles. The van der Waals surface area contributed by atoms with Crippen LogP contribution in [0.25, 0.3) is 10.9 Å². The number of hydrogen-bond acceptors (Lipinski definition) is 1. The predicted molar refractivity (Wildman–Crippen MR) is 78.8 cm³/mol. The van der Waals surface area contributed by atoms with Gasteiger partial charge in [-0.05, 0) is 47.7 Å². The highest BCUT2D eigenvalue weighted by molar-refractivity contribution is 5.80. The third-order valence-electron chi connectivity index (χ3n) is 3.42. The molecule has 2 heteroatoms. The van der Waals surface area contributed by atoms with Crippen molar-refractivity contribution in [2.75, 3.05) is 7.11 Å². The van der Waals surface area contributed by atoms with Gasteiger partial charge in [-0.25, -0.2) is 0 Å². The van der Waals surface area contributed by atoms with Crippen molar-refractivity contribution in [3.63, 3.8) is 0 Å². The SMILES string of the molecule is COc1cccc(Cn2ccc3ccc(C)cc32)c1. The smallest absolute Gasteiger partial charge is 0.119 e. The van der Waals surface area contributed by atoms with Gasteiger partial charge in [0.1, 0.15) is 5.75 Å². The highest BCUT2D eigenvalue weighted by Gasteiger charge is 2.03. The second kappa shape index (κ2) is 4.81. The Hall–Kier alpha value is -2.22. The molecule has 0 bridgehead atoms. The molecular formula is C17H17NO. The highest BCUT2D eigenvalue weighted by Crippen LogP contribution is 2.20. The molecule has 0 amide bonds. The van der Waals surface area contributed by atoms with Crippen LogP contribution < -0.4 is 4.74 Å². The van der Waals surface area contributed by atoms with E-state index in [1.54, 1.807) is 7.11 Å². The van der Waals surface area contributed by atoms with Crippen LogP contribution in [0.15, 0.2) is 54.7 Å². The summed E-state index contributed by atoms with van der Waals surface area (Å²) in [4.78, 5) is 0. The monoisotopic (exact) mass is 251 g/mol. The fraction of sp³-hybridized carbons (Fsp3) is 0.176. The van der Waals surface area contributed by atoms with Crippen molar-refractivity contribution in [3.8, 4) is 5.75 Å². The maximum Gasteiger partial charge on any atom is 0.119 e. The molecule has 0 aliphatic heterocycles. The van der Waals surface area contributed by atoms with E-state index in [-0.39, 0.29) is 0 Å². The van der Waals surface area contributed by atoms with E-state index in [0.717, 1.165) is 12.3 Å². The van der Waals surface area contributed by atoms with E-state index in [1.807, 2.05) is 12.1 Å². The molecule has 0 radical (unpaired) electrons. The van der Waals surface area contributed by atoms with Gasteiger partial charge in [0, 0.05) is 18.3 Å². The Morgan fingerprint density at radius 2 is 1.95 bits per heavy atom. The number of fused-ring (bicyclic) bond motifs is 1. The van der Waals surface area contributed by atoms with E-state index >= 15 is 0 Å². The fourth-order valence-electron chi connectivity index (χ4n) is 2.40. The van der Waals surface area contributed by atoms with Gasteiger partial charge in [0.05, 0.1) is 7.11 Å². The molecule has 3 rings (SSSR count). The van der Waals surface area contributed by atoms with Crippen molar-refractivity contribution in [1.29, 1.82) is 0 Å². The molecule has 96 valence electrons. The summed E-state index contributed by atoms with van der Waals surface area (Å²) in [6.07, 6.45) is 2.14. The number of aromatic nitrogens is 1. The lowest BCUT2D eigenvalue weighted by Gasteiger charge is -2.08. The summed E-state index contributed by atoms with van der Waals surface area (Å²) >= 11 is 0. The van der Waals surface area contributed by atoms with E-state index in [1.165, 1.54) is 22.0 Å². The Balaban J connectivity index is 1.98. The fourth-order valence-corrected chi connectivity index (χ4v) is 2.40.